The van der Waals surface area contributed by atoms with Gasteiger partial charge in [0.15, 0.2) is 0 Å². The fourth-order valence-corrected chi connectivity index (χ4v) is 1.98. The minimum Gasteiger partial charge on any atom is -0.385 e. The van der Waals surface area contributed by atoms with E-state index < -0.39 is 0 Å². The van der Waals surface area contributed by atoms with Crippen LogP contribution in [0.1, 0.15) is 18.4 Å². The Bertz CT molecular complexity index is 404. The molecule has 1 amide bonds. The van der Waals surface area contributed by atoms with Gasteiger partial charge < -0.3 is 15.4 Å². The molecule has 0 spiro atoms. The van der Waals surface area contributed by atoms with Crippen LogP contribution in [0.25, 0.3) is 0 Å². The van der Waals surface area contributed by atoms with Gasteiger partial charge in [0.1, 0.15) is 0 Å². The second-order valence-corrected chi connectivity index (χ2v) is 4.19. The molecular weight excluding hydrogens is 216 g/mol. The zero-order valence-electron chi connectivity index (χ0n) is 10.1. The van der Waals surface area contributed by atoms with Crippen molar-refractivity contribution in [2.24, 2.45) is 0 Å². The Kier molecular flexibility index (Phi) is 3.98. The summed E-state index contributed by atoms with van der Waals surface area (Å²) >= 11 is 0. The van der Waals surface area contributed by atoms with Gasteiger partial charge in [-0.15, -0.1) is 0 Å². The number of methoxy groups -OCH3 is 1. The first kappa shape index (κ1) is 11.9. The smallest absolute Gasteiger partial charge is 0.224 e. The van der Waals surface area contributed by atoms with E-state index in [0.717, 1.165) is 25.1 Å². The van der Waals surface area contributed by atoms with Gasteiger partial charge in [-0.1, -0.05) is 0 Å². The van der Waals surface area contributed by atoms with E-state index in [1.54, 1.807) is 7.11 Å². The van der Waals surface area contributed by atoms with Crippen LogP contribution in [0.2, 0.25) is 0 Å². The molecule has 0 unspecified atom stereocenters. The van der Waals surface area contributed by atoms with Crippen molar-refractivity contribution < 1.29 is 9.53 Å². The van der Waals surface area contributed by atoms with E-state index in [1.807, 2.05) is 18.2 Å². The number of benzene rings is 1. The molecule has 2 rings (SSSR count). The number of hydrogen-bond donors (Lipinski definition) is 2. The minimum atomic E-state index is 0.0490. The molecule has 1 aliphatic heterocycles. The Hall–Kier alpha value is -1.55. The Morgan fingerprint density at radius 3 is 3.24 bits per heavy atom. The third-order valence-corrected chi connectivity index (χ3v) is 2.85. The van der Waals surface area contributed by atoms with Crippen molar-refractivity contribution in [3.8, 4) is 0 Å². The van der Waals surface area contributed by atoms with Gasteiger partial charge >= 0.3 is 0 Å². The highest BCUT2D eigenvalue weighted by molar-refractivity contribution is 5.91. The number of carbonyl (C=O) groups excluding carboxylic acids is 1. The summed E-state index contributed by atoms with van der Waals surface area (Å²) in [7, 11) is 1.64. The monoisotopic (exact) mass is 234 g/mol. The maximum atomic E-state index is 11.6. The molecule has 2 N–H and O–H groups in total. The Morgan fingerprint density at radius 2 is 2.41 bits per heavy atom. The molecule has 0 radical (unpaired) electrons. The van der Waals surface area contributed by atoms with Crippen molar-refractivity contribution in [1.29, 1.82) is 0 Å². The molecule has 0 atom stereocenters. The van der Waals surface area contributed by atoms with Crippen LogP contribution in [-0.4, -0.2) is 26.2 Å². The van der Waals surface area contributed by atoms with E-state index in [-0.39, 0.29) is 5.91 Å². The zero-order valence-corrected chi connectivity index (χ0v) is 10.1. The van der Waals surface area contributed by atoms with Crippen molar-refractivity contribution in [1.82, 2.24) is 0 Å². The van der Waals surface area contributed by atoms with Gasteiger partial charge in [-0.05, 0) is 36.6 Å². The number of rotatable bonds is 5. The van der Waals surface area contributed by atoms with Crippen LogP contribution in [0, 0.1) is 0 Å². The summed E-state index contributed by atoms with van der Waals surface area (Å²) in [5.41, 5.74) is 3.34. The molecule has 1 aromatic rings. The van der Waals surface area contributed by atoms with Gasteiger partial charge in [-0.3, -0.25) is 4.79 Å². The van der Waals surface area contributed by atoms with Gasteiger partial charge in [-0.25, -0.2) is 0 Å². The molecule has 4 heteroatoms. The Morgan fingerprint density at radius 1 is 1.53 bits per heavy atom. The number of nitrogens with one attached hydrogen (secondary N) is 2. The SMILES string of the molecule is COCCCC(=O)Nc1ccc2c(c1)CCN2. The highest BCUT2D eigenvalue weighted by Crippen LogP contribution is 2.25. The average molecular weight is 234 g/mol. The van der Waals surface area contributed by atoms with Gasteiger partial charge in [0.2, 0.25) is 5.91 Å². The first-order valence-corrected chi connectivity index (χ1v) is 5.95. The molecule has 1 heterocycles. The minimum absolute atomic E-state index is 0.0490. The van der Waals surface area contributed by atoms with E-state index in [9.17, 15) is 4.79 Å². The van der Waals surface area contributed by atoms with Gasteiger partial charge in [0.25, 0.3) is 0 Å². The topological polar surface area (TPSA) is 50.4 Å². The highest BCUT2D eigenvalue weighted by atomic mass is 16.5. The number of anilines is 2. The lowest BCUT2D eigenvalue weighted by atomic mass is 10.1. The molecule has 0 aliphatic carbocycles. The largest absolute Gasteiger partial charge is 0.385 e. The molecule has 0 saturated carbocycles. The Balaban J connectivity index is 1.88. The molecule has 0 aromatic heterocycles. The average Bonchev–Trinajstić information content (AvgIpc) is 2.76. The number of ether oxygens (including phenoxy) is 1. The molecule has 0 bridgehead atoms. The summed E-state index contributed by atoms with van der Waals surface area (Å²) in [6.07, 6.45) is 2.29. The molecule has 4 nitrogen and oxygen atoms in total. The maximum Gasteiger partial charge on any atom is 0.224 e. The lowest BCUT2D eigenvalue weighted by Gasteiger charge is -2.07. The van der Waals surface area contributed by atoms with E-state index >= 15 is 0 Å². The number of fused-ring (bicyclic) bond motifs is 1. The first-order chi connectivity index (χ1) is 8.29. The predicted octanol–water partition coefficient (Wildman–Crippen LogP) is 2.02. The summed E-state index contributed by atoms with van der Waals surface area (Å²) in [5.74, 6) is 0.0490. The lowest BCUT2D eigenvalue weighted by molar-refractivity contribution is -0.116. The third-order valence-electron chi connectivity index (χ3n) is 2.85. The van der Waals surface area contributed by atoms with Crippen LogP contribution in [0.4, 0.5) is 11.4 Å². The maximum absolute atomic E-state index is 11.6. The van der Waals surface area contributed by atoms with Crippen LogP contribution >= 0.6 is 0 Å². The second-order valence-electron chi connectivity index (χ2n) is 4.19. The number of amides is 1. The van der Waals surface area contributed by atoms with Crippen LogP contribution in [0.15, 0.2) is 18.2 Å². The Labute approximate surface area is 101 Å². The first-order valence-electron chi connectivity index (χ1n) is 5.95. The van der Waals surface area contributed by atoms with Crippen LogP contribution < -0.4 is 10.6 Å². The summed E-state index contributed by atoms with van der Waals surface area (Å²) in [6.45, 7) is 1.61. The standard InChI is InChI=1S/C13H18N2O2/c1-17-8-2-3-13(16)15-11-4-5-12-10(9-11)6-7-14-12/h4-5,9,14H,2-3,6-8H2,1H3,(H,15,16). The van der Waals surface area contributed by atoms with E-state index in [0.29, 0.717) is 13.0 Å². The normalized spacial score (nSPS) is 13.0. The molecule has 1 aliphatic rings. The third kappa shape index (κ3) is 3.20. The molecule has 0 fully saturated rings. The van der Waals surface area contributed by atoms with Crippen molar-refractivity contribution in [3.05, 3.63) is 23.8 Å². The molecule has 1 aromatic carbocycles. The number of carbonyl (C=O) groups is 1. The van der Waals surface area contributed by atoms with Gasteiger partial charge in [-0.2, -0.15) is 0 Å². The van der Waals surface area contributed by atoms with Gasteiger partial charge in [0, 0.05) is 38.1 Å². The summed E-state index contributed by atoms with van der Waals surface area (Å²) < 4.78 is 4.91. The van der Waals surface area contributed by atoms with E-state index in [1.165, 1.54) is 11.3 Å². The molecule has 17 heavy (non-hydrogen) atoms. The van der Waals surface area contributed by atoms with Crippen LogP contribution in [0.3, 0.4) is 0 Å². The van der Waals surface area contributed by atoms with Gasteiger partial charge in [0.05, 0.1) is 0 Å². The second kappa shape index (κ2) is 5.68. The molecule has 0 saturated heterocycles. The zero-order chi connectivity index (χ0) is 12.1. The summed E-state index contributed by atoms with van der Waals surface area (Å²) in [6, 6.07) is 6.00. The fraction of sp³-hybridized carbons (Fsp3) is 0.462. The van der Waals surface area contributed by atoms with Crippen molar-refractivity contribution in [3.63, 3.8) is 0 Å². The molecular formula is C13H18N2O2. The van der Waals surface area contributed by atoms with Crippen LogP contribution in [-0.2, 0) is 16.0 Å². The van der Waals surface area contributed by atoms with E-state index in [2.05, 4.69) is 10.6 Å². The van der Waals surface area contributed by atoms with Crippen molar-refractivity contribution >= 4 is 17.3 Å². The quantitative estimate of drug-likeness (QED) is 0.766. The lowest BCUT2D eigenvalue weighted by Crippen LogP contribution is -2.12. The van der Waals surface area contributed by atoms with Crippen molar-refractivity contribution in [2.75, 3.05) is 30.9 Å². The van der Waals surface area contributed by atoms with Crippen LogP contribution in [0.5, 0.6) is 0 Å². The highest BCUT2D eigenvalue weighted by Gasteiger charge is 2.10. The number of hydrogen-bond acceptors (Lipinski definition) is 3. The predicted molar refractivity (Wildman–Crippen MR) is 68.4 cm³/mol. The molecule has 92 valence electrons. The van der Waals surface area contributed by atoms with Crippen molar-refractivity contribution in [2.45, 2.75) is 19.3 Å². The summed E-state index contributed by atoms with van der Waals surface area (Å²) in [5, 5.41) is 6.20. The fourth-order valence-electron chi connectivity index (χ4n) is 1.98. The summed E-state index contributed by atoms with van der Waals surface area (Å²) in [4.78, 5) is 11.6. The van der Waals surface area contributed by atoms with E-state index in [4.69, 9.17) is 4.74 Å².